The number of amides is 1. The van der Waals surface area contributed by atoms with Crippen molar-refractivity contribution in [1.82, 2.24) is 4.72 Å². The number of hydrogen-bond donors (Lipinski definition) is 1. The van der Waals surface area contributed by atoms with E-state index in [1.807, 2.05) is 47.6 Å². The second-order valence-electron chi connectivity index (χ2n) is 7.68. The average Bonchev–Trinajstić information content (AvgIpc) is 2.34. The predicted octanol–water partition coefficient (Wildman–Crippen LogP) is 3.86. The Morgan fingerprint density at radius 3 is 1.54 bits per heavy atom. The quantitative estimate of drug-likeness (QED) is 0.866. The molecule has 0 saturated heterocycles. The molecule has 1 aromatic carbocycles. The van der Waals surface area contributed by atoms with Gasteiger partial charge in [-0.15, -0.1) is 0 Å². The van der Waals surface area contributed by atoms with Gasteiger partial charge in [0, 0.05) is 5.56 Å². The molecule has 0 spiro atoms. The number of alkyl halides is 3. The summed E-state index contributed by atoms with van der Waals surface area (Å²) < 4.78 is 60.7. The van der Waals surface area contributed by atoms with Crippen molar-refractivity contribution in [2.75, 3.05) is 0 Å². The van der Waals surface area contributed by atoms with Crippen LogP contribution in [0.25, 0.3) is 0 Å². The molecule has 0 radical (unpaired) electrons. The standard InChI is InChI=1S/C16H22F3NO3S/c1-14(2,3)11-7-10(8-12(9-11)15(4,5)6)13(21)20-24(22,23)16(17,18)19/h7-9H,1-6H3,(H,20,21). The maximum absolute atomic E-state index is 12.4. The summed E-state index contributed by atoms with van der Waals surface area (Å²) in [5.41, 5.74) is -4.94. The highest BCUT2D eigenvalue weighted by molar-refractivity contribution is 7.90. The van der Waals surface area contributed by atoms with Gasteiger partial charge in [0.05, 0.1) is 0 Å². The molecule has 1 N–H and O–H groups in total. The zero-order valence-electron chi connectivity index (χ0n) is 14.5. The molecule has 0 saturated carbocycles. The first kappa shape index (κ1) is 20.5. The summed E-state index contributed by atoms with van der Waals surface area (Å²) in [6, 6.07) is 4.70. The molecule has 1 aromatic rings. The van der Waals surface area contributed by atoms with Crippen molar-refractivity contribution < 1.29 is 26.4 Å². The fourth-order valence-electron chi connectivity index (χ4n) is 1.86. The Bertz CT molecular complexity index is 707. The number of sulfonamides is 1. The topological polar surface area (TPSA) is 63.2 Å². The smallest absolute Gasteiger partial charge is 0.268 e. The molecule has 0 aliphatic heterocycles. The first-order valence-electron chi connectivity index (χ1n) is 7.24. The molecule has 4 nitrogen and oxygen atoms in total. The Labute approximate surface area is 140 Å². The highest BCUT2D eigenvalue weighted by Gasteiger charge is 2.47. The lowest BCUT2D eigenvalue weighted by Gasteiger charge is -2.26. The molecule has 0 atom stereocenters. The fourth-order valence-corrected chi connectivity index (χ4v) is 2.34. The van der Waals surface area contributed by atoms with Crippen molar-refractivity contribution in [2.24, 2.45) is 0 Å². The number of nitrogens with one attached hydrogen (secondary N) is 1. The van der Waals surface area contributed by atoms with Crippen LogP contribution in [-0.4, -0.2) is 19.8 Å². The number of rotatable bonds is 2. The zero-order valence-corrected chi connectivity index (χ0v) is 15.3. The van der Waals surface area contributed by atoms with E-state index in [0.717, 1.165) is 15.8 Å². The monoisotopic (exact) mass is 365 g/mol. The highest BCUT2D eigenvalue weighted by atomic mass is 32.2. The SMILES string of the molecule is CC(C)(C)c1cc(C(=O)NS(=O)(=O)C(F)(F)F)cc(C(C)(C)C)c1. The summed E-state index contributed by atoms with van der Waals surface area (Å²) in [7, 11) is -5.74. The Morgan fingerprint density at radius 2 is 1.25 bits per heavy atom. The van der Waals surface area contributed by atoms with Gasteiger partial charge in [-0.05, 0) is 34.1 Å². The van der Waals surface area contributed by atoms with Gasteiger partial charge in [0.2, 0.25) is 0 Å². The summed E-state index contributed by atoms with van der Waals surface area (Å²) in [6.07, 6.45) is 0. The summed E-state index contributed by atoms with van der Waals surface area (Å²) in [5.74, 6) is -1.30. The number of carbonyl (C=O) groups is 1. The van der Waals surface area contributed by atoms with Crippen LogP contribution >= 0.6 is 0 Å². The van der Waals surface area contributed by atoms with Gasteiger partial charge in [-0.3, -0.25) is 4.79 Å². The molecule has 0 fully saturated rings. The summed E-state index contributed by atoms with van der Waals surface area (Å²) in [6.45, 7) is 11.4. The van der Waals surface area contributed by atoms with Crippen LogP contribution < -0.4 is 4.72 Å². The minimum atomic E-state index is -5.74. The molecular formula is C16H22F3NO3S. The van der Waals surface area contributed by atoms with Crippen molar-refractivity contribution in [3.05, 3.63) is 34.9 Å². The molecule has 136 valence electrons. The average molecular weight is 365 g/mol. The van der Waals surface area contributed by atoms with Crippen LogP contribution in [0.4, 0.5) is 13.2 Å². The van der Waals surface area contributed by atoms with Gasteiger partial charge in [0.25, 0.3) is 5.91 Å². The Balaban J connectivity index is 3.41. The van der Waals surface area contributed by atoms with E-state index in [-0.39, 0.29) is 16.4 Å². The van der Waals surface area contributed by atoms with Gasteiger partial charge in [0.1, 0.15) is 0 Å². The Hall–Kier alpha value is -1.57. The van der Waals surface area contributed by atoms with Crippen molar-refractivity contribution in [3.63, 3.8) is 0 Å². The van der Waals surface area contributed by atoms with E-state index in [1.165, 1.54) is 12.1 Å². The van der Waals surface area contributed by atoms with Crippen molar-refractivity contribution >= 4 is 15.9 Å². The van der Waals surface area contributed by atoms with Crippen LogP contribution in [-0.2, 0) is 20.9 Å². The van der Waals surface area contributed by atoms with Gasteiger partial charge in [-0.2, -0.15) is 21.6 Å². The maximum atomic E-state index is 12.4. The Morgan fingerprint density at radius 1 is 0.875 bits per heavy atom. The number of benzene rings is 1. The lowest BCUT2D eigenvalue weighted by molar-refractivity contribution is -0.0446. The molecule has 1 rings (SSSR count). The van der Waals surface area contributed by atoms with E-state index >= 15 is 0 Å². The molecule has 0 heterocycles. The minimum Gasteiger partial charge on any atom is -0.268 e. The van der Waals surface area contributed by atoms with Gasteiger partial charge in [-0.1, -0.05) is 47.6 Å². The second-order valence-corrected chi connectivity index (χ2v) is 9.35. The minimum absolute atomic E-state index is 0.125. The van der Waals surface area contributed by atoms with Crippen molar-refractivity contribution in [1.29, 1.82) is 0 Å². The molecular weight excluding hydrogens is 343 g/mol. The van der Waals surface area contributed by atoms with E-state index in [9.17, 15) is 26.4 Å². The molecule has 0 unspecified atom stereocenters. The zero-order chi connectivity index (χ0) is 19.1. The number of carbonyl (C=O) groups excluding carboxylic acids is 1. The summed E-state index contributed by atoms with van der Waals surface area (Å²) >= 11 is 0. The molecule has 1 amide bonds. The lowest BCUT2D eigenvalue weighted by Crippen LogP contribution is -2.40. The largest absolute Gasteiger partial charge is 0.516 e. The third-order valence-corrected chi connectivity index (χ3v) is 4.52. The van der Waals surface area contributed by atoms with E-state index in [4.69, 9.17) is 0 Å². The van der Waals surface area contributed by atoms with Crippen molar-refractivity contribution in [3.8, 4) is 0 Å². The number of hydrogen-bond acceptors (Lipinski definition) is 3. The van der Waals surface area contributed by atoms with Gasteiger partial charge < -0.3 is 0 Å². The van der Waals surface area contributed by atoms with Crippen LogP contribution in [0.2, 0.25) is 0 Å². The predicted molar refractivity (Wildman–Crippen MR) is 86.3 cm³/mol. The fraction of sp³-hybridized carbons (Fsp3) is 0.562. The molecule has 0 aliphatic rings. The molecule has 8 heteroatoms. The van der Waals surface area contributed by atoms with Crippen LogP contribution in [0.1, 0.15) is 63.0 Å². The van der Waals surface area contributed by atoms with Crippen LogP contribution in [0.15, 0.2) is 18.2 Å². The van der Waals surface area contributed by atoms with E-state index in [2.05, 4.69) is 0 Å². The van der Waals surface area contributed by atoms with Crippen LogP contribution in [0.3, 0.4) is 0 Å². The van der Waals surface area contributed by atoms with Crippen LogP contribution in [0.5, 0.6) is 0 Å². The van der Waals surface area contributed by atoms with E-state index in [0.29, 0.717) is 0 Å². The first-order valence-corrected chi connectivity index (χ1v) is 8.73. The molecule has 0 aliphatic carbocycles. The Kier molecular flexibility index (Phi) is 5.17. The normalized spacial score (nSPS) is 13.7. The highest BCUT2D eigenvalue weighted by Crippen LogP contribution is 2.30. The first-order chi connectivity index (χ1) is 10.4. The molecule has 0 bridgehead atoms. The number of halogens is 3. The summed E-state index contributed by atoms with van der Waals surface area (Å²) in [5, 5.41) is 0. The lowest BCUT2D eigenvalue weighted by atomic mass is 9.79. The third-order valence-electron chi connectivity index (χ3n) is 3.46. The van der Waals surface area contributed by atoms with E-state index in [1.54, 1.807) is 0 Å². The molecule has 24 heavy (non-hydrogen) atoms. The van der Waals surface area contributed by atoms with Crippen molar-refractivity contribution in [2.45, 2.75) is 57.9 Å². The molecule has 0 aromatic heterocycles. The maximum Gasteiger partial charge on any atom is 0.516 e. The van der Waals surface area contributed by atoms with Gasteiger partial charge in [0.15, 0.2) is 0 Å². The van der Waals surface area contributed by atoms with E-state index < -0.39 is 21.4 Å². The van der Waals surface area contributed by atoms with Gasteiger partial charge >= 0.3 is 15.5 Å². The summed E-state index contributed by atoms with van der Waals surface area (Å²) in [4.78, 5) is 12.1. The third kappa shape index (κ3) is 4.72. The second kappa shape index (κ2) is 6.06. The van der Waals surface area contributed by atoms with Crippen LogP contribution in [0, 0.1) is 0 Å². The van der Waals surface area contributed by atoms with Gasteiger partial charge in [-0.25, -0.2) is 4.72 Å².